The van der Waals surface area contributed by atoms with Gasteiger partial charge in [-0.3, -0.25) is 0 Å². The molecule has 0 saturated heterocycles. The van der Waals surface area contributed by atoms with E-state index < -0.39 is 28.9 Å². The van der Waals surface area contributed by atoms with E-state index in [-0.39, 0.29) is 13.5 Å². The minimum absolute atomic E-state index is 0.139. The molecular formula is C14H16F6O. The van der Waals surface area contributed by atoms with E-state index >= 15 is 0 Å². The lowest BCUT2D eigenvalue weighted by atomic mass is 9.79. The normalized spacial score (nSPS) is 24.0. The van der Waals surface area contributed by atoms with Crippen molar-refractivity contribution < 1.29 is 31.1 Å². The van der Waals surface area contributed by atoms with Gasteiger partial charge >= 0.3 is 12.4 Å². The van der Waals surface area contributed by atoms with E-state index in [4.69, 9.17) is 4.74 Å². The molecular weight excluding hydrogens is 298 g/mol. The molecule has 0 N–H and O–H groups in total. The Balaban J connectivity index is 3.32. The molecule has 0 aromatic carbocycles. The Morgan fingerprint density at radius 1 is 1.05 bits per heavy atom. The molecule has 1 atom stereocenters. The van der Waals surface area contributed by atoms with Crippen molar-refractivity contribution in [3.8, 4) is 0 Å². The van der Waals surface area contributed by atoms with Gasteiger partial charge in [0.25, 0.3) is 0 Å². The molecule has 0 aliphatic heterocycles. The van der Waals surface area contributed by atoms with Gasteiger partial charge in [0.2, 0.25) is 0 Å². The monoisotopic (exact) mass is 314 g/mol. The van der Waals surface area contributed by atoms with Crippen LogP contribution in [0.5, 0.6) is 0 Å². The number of hydrogen-bond acceptors (Lipinski definition) is 1. The van der Waals surface area contributed by atoms with Gasteiger partial charge in [0.1, 0.15) is 5.60 Å². The Morgan fingerprint density at radius 3 is 2.00 bits per heavy atom. The molecule has 0 aromatic heterocycles. The number of halogens is 6. The fourth-order valence-corrected chi connectivity index (χ4v) is 1.94. The maximum absolute atomic E-state index is 13.0. The van der Waals surface area contributed by atoms with Crippen molar-refractivity contribution >= 4 is 0 Å². The molecule has 120 valence electrons. The topological polar surface area (TPSA) is 9.23 Å². The average Bonchev–Trinajstić information content (AvgIpc) is 2.48. The summed E-state index contributed by atoms with van der Waals surface area (Å²) in [7, 11) is 0. The smallest absolute Gasteiger partial charge is 0.367 e. The molecule has 0 aromatic rings. The van der Waals surface area contributed by atoms with Crippen molar-refractivity contribution in [2.24, 2.45) is 5.41 Å². The minimum Gasteiger partial charge on any atom is -0.367 e. The van der Waals surface area contributed by atoms with Crippen LogP contribution in [0.15, 0.2) is 36.0 Å². The summed E-state index contributed by atoms with van der Waals surface area (Å²) in [5.41, 5.74) is -5.84. The van der Waals surface area contributed by atoms with Gasteiger partial charge in [-0.25, -0.2) is 0 Å². The summed E-state index contributed by atoms with van der Waals surface area (Å²) in [6, 6.07) is 0. The number of alkyl halides is 6. The van der Waals surface area contributed by atoms with Gasteiger partial charge in [0, 0.05) is 6.61 Å². The Bertz CT molecular complexity index is 455. The van der Waals surface area contributed by atoms with Crippen LogP contribution >= 0.6 is 0 Å². The molecule has 1 unspecified atom stereocenters. The van der Waals surface area contributed by atoms with E-state index in [0.717, 1.165) is 18.2 Å². The molecule has 0 heterocycles. The number of allylic oxidation sites excluding steroid dienone is 4. The zero-order valence-electron chi connectivity index (χ0n) is 11.8. The van der Waals surface area contributed by atoms with Crippen LogP contribution in [0.2, 0.25) is 0 Å². The molecule has 21 heavy (non-hydrogen) atoms. The maximum Gasteiger partial charge on any atom is 0.406 e. The lowest BCUT2D eigenvalue weighted by Crippen LogP contribution is -2.48. The van der Waals surface area contributed by atoms with Crippen molar-refractivity contribution in [3.63, 3.8) is 0 Å². The van der Waals surface area contributed by atoms with Gasteiger partial charge in [-0.2, -0.15) is 26.3 Å². The highest BCUT2D eigenvalue weighted by Gasteiger charge is 2.68. The van der Waals surface area contributed by atoms with Crippen LogP contribution in [0, 0.1) is 5.41 Å². The largest absolute Gasteiger partial charge is 0.406 e. The summed E-state index contributed by atoms with van der Waals surface area (Å²) in [6.45, 7) is 3.65. The van der Waals surface area contributed by atoms with Crippen LogP contribution in [-0.2, 0) is 4.74 Å². The quantitative estimate of drug-likeness (QED) is 0.669. The second kappa shape index (κ2) is 5.51. The Kier molecular flexibility index (Phi) is 4.68. The summed E-state index contributed by atoms with van der Waals surface area (Å²) in [6.07, 6.45) is -5.50. The average molecular weight is 314 g/mol. The molecule has 1 aliphatic carbocycles. The highest BCUT2D eigenvalue weighted by atomic mass is 19.4. The molecule has 0 radical (unpaired) electrons. The van der Waals surface area contributed by atoms with E-state index in [1.54, 1.807) is 13.8 Å². The van der Waals surface area contributed by atoms with Gasteiger partial charge in [-0.1, -0.05) is 18.2 Å². The van der Waals surface area contributed by atoms with Crippen LogP contribution in [0.25, 0.3) is 0 Å². The summed E-state index contributed by atoms with van der Waals surface area (Å²) >= 11 is 0. The molecule has 0 bridgehead atoms. The van der Waals surface area contributed by atoms with Crippen molar-refractivity contribution in [1.29, 1.82) is 0 Å². The van der Waals surface area contributed by atoms with E-state index in [9.17, 15) is 26.3 Å². The maximum atomic E-state index is 13.0. The van der Waals surface area contributed by atoms with Gasteiger partial charge in [0.15, 0.2) is 5.41 Å². The first-order valence-corrected chi connectivity index (χ1v) is 6.24. The molecule has 7 heteroatoms. The lowest BCUT2D eigenvalue weighted by molar-refractivity contribution is -0.317. The van der Waals surface area contributed by atoms with Crippen LogP contribution < -0.4 is 0 Å². The first kappa shape index (κ1) is 17.8. The fraction of sp³-hybridized carbons (Fsp3) is 0.571. The third-order valence-corrected chi connectivity index (χ3v) is 3.46. The van der Waals surface area contributed by atoms with Crippen LogP contribution in [0.4, 0.5) is 26.3 Å². The van der Waals surface area contributed by atoms with Crippen molar-refractivity contribution in [2.75, 3.05) is 6.61 Å². The fourth-order valence-electron chi connectivity index (χ4n) is 1.94. The third-order valence-electron chi connectivity index (χ3n) is 3.46. The molecule has 0 saturated carbocycles. The summed E-state index contributed by atoms with van der Waals surface area (Å²) < 4.78 is 83.4. The van der Waals surface area contributed by atoms with Crippen LogP contribution in [0.3, 0.4) is 0 Å². The molecule has 1 aliphatic rings. The van der Waals surface area contributed by atoms with Crippen LogP contribution in [0.1, 0.15) is 20.8 Å². The second-order valence-electron chi connectivity index (χ2n) is 5.05. The Labute approximate surface area is 119 Å². The van der Waals surface area contributed by atoms with Gasteiger partial charge in [-0.05, 0) is 38.5 Å². The molecule has 0 amide bonds. The summed E-state index contributed by atoms with van der Waals surface area (Å²) in [4.78, 5) is 0. The van der Waals surface area contributed by atoms with Crippen molar-refractivity contribution in [1.82, 2.24) is 0 Å². The van der Waals surface area contributed by atoms with Crippen molar-refractivity contribution in [3.05, 3.63) is 36.0 Å². The molecule has 1 nitrogen and oxygen atoms in total. The highest BCUT2D eigenvalue weighted by molar-refractivity contribution is 5.38. The SMILES string of the molecule is CCOC1(C)C=CC=C(C(C)(C(F)(F)F)C(F)(F)F)C=C1. The molecule has 0 spiro atoms. The predicted octanol–water partition coefficient (Wildman–Crippen LogP) is 4.96. The summed E-state index contributed by atoms with van der Waals surface area (Å²) in [5, 5.41) is 0. The second-order valence-corrected chi connectivity index (χ2v) is 5.05. The first-order chi connectivity index (χ1) is 9.37. The Morgan fingerprint density at radius 2 is 1.57 bits per heavy atom. The third kappa shape index (κ3) is 3.33. The number of rotatable bonds is 3. The van der Waals surface area contributed by atoms with Crippen LogP contribution in [-0.4, -0.2) is 24.6 Å². The van der Waals surface area contributed by atoms with Gasteiger partial charge < -0.3 is 4.74 Å². The summed E-state index contributed by atoms with van der Waals surface area (Å²) in [5.74, 6) is 0. The first-order valence-electron chi connectivity index (χ1n) is 6.24. The number of hydrogen-bond donors (Lipinski definition) is 0. The Hall–Kier alpha value is -1.24. The number of ether oxygens (including phenoxy) is 1. The van der Waals surface area contributed by atoms with E-state index in [1.165, 1.54) is 12.2 Å². The van der Waals surface area contributed by atoms with E-state index in [1.807, 2.05) is 0 Å². The molecule has 1 rings (SSSR count). The van der Waals surface area contributed by atoms with Gasteiger partial charge in [-0.15, -0.1) is 0 Å². The van der Waals surface area contributed by atoms with Gasteiger partial charge in [0.05, 0.1) is 0 Å². The lowest BCUT2D eigenvalue weighted by Gasteiger charge is -2.35. The van der Waals surface area contributed by atoms with Crippen molar-refractivity contribution in [2.45, 2.75) is 38.7 Å². The van der Waals surface area contributed by atoms with E-state index in [0.29, 0.717) is 0 Å². The minimum atomic E-state index is -5.46. The zero-order chi connectivity index (χ0) is 16.5. The highest BCUT2D eigenvalue weighted by Crippen LogP contribution is 2.55. The standard InChI is InChI=1S/C14H16F6O/c1-4-21-11(2)8-5-6-10(7-9-11)12(3,13(15,16)17)14(18,19)20/h5-9H,4H2,1-3H3. The predicted molar refractivity (Wildman–Crippen MR) is 66.6 cm³/mol. The molecule has 0 fully saturated rings. The van der Waals surface area contributed by atoms with E-state index in [2.05, 4.69) is 0 Å². The zero-order valence-corrected chi connectivity index (χ0v) is 11.8.